The van der Waals surface area contributed by atoms with Crippen LogP contribution < -0.4 is 0 Å². The third-order valence-corrected chi connectivity index (χ3v) is 4.62. The topological polar surface area (TPSA) is 32.7 Å². The fourth-order valence-corrected chi connectivity index (χ4v) is 3.58. The molecule has 5 heteroatoms. The molecular weight excluding hydrogens is 264 g/mol. The van der Waals surface area contributed by atoms with Crippen molar-refractivity contribution in [3.63, 3.8) is 0 Å². The Balaban J connectivity index is 1.93. The summed E-state index contributed by atoms with van der Waals surface area (Å²) in [5, 5.41) is 12.2. The summed E-state index contributed by atoms with van der Waals surface area (Å²) < 4.78 is 0. The molecule has 92 valence electrons. The predicted molar refractivity (Wildman–Crippen MR) is 75.1 cm³/mol. The molecule has 0 saturated carbocycles. The number of hydrogen-bond donors (Lipinski definition) is 0. The maximum Gasteiger partial charge on any atom is 0.240 e. The number of amides is 1. The minimum atomic E-state index is -0.00127. The van der Waals surface area contributed by atoms with Crippen LogP contribution in [0.4, 0.5) is 0 Å². The van der Waals surface area contributed by atoms with Gasteiger partial charge in [0.15, 0.2) is 0 Å². The summed E-state index contributed by atoms with van der Waals surface area (Å²) >= 11 is 3.33. The lowest BCUT2D eigenvalue weighted by atomic mass is 10.1. The molecule has 0 N–H and O–H groups in total. The van der Waals surface area contributed by atoms with E-state index >= 15 is 0 Å². The maximum absolute atomic E-state index is 11.7. The molecule has 0 saturated heterocycles. The van der Waals surface area contributed by atoms with E-state index in [2.05, 4.69) is 22.6 Å². The Kier molecular flexibility index (Phi) is 3.01. The molecule has 1 aliphatic heterocycles. The Hall–Kier alpha value is -1.46. The van der Waals surface area contributed by atoms with Gasteiger partial charge in [0.2, 0.25) is 5.91 Å². The van der Waals surface area contributed by atoms with Crippen molar-refractivity contribution >= 4 is 34.3 Å². The maximum atomic E-state index is 11.7. The van der Waals surface area contributed by atoms with E-state index in [1.165, 1.54) is 4.88 Å². The highest BCUT2D eigenvalue weighted by atomic mass is 32.1. The number of nitrogens with zero attached hydrogens (tertiary/aromatic N) is 2. The minimum absolute atomic E-state index is 0.00127. The fourth-order valence-electron chi connectivity index (χ4n) is 2.11. The second kappa shape index (κ2) is 4.66. The molecule has 0 fully saturated rings. The van der Waals surface area contributed by atoms with Crippen LogP contribution in [-0.4, -0.2) is 16.6 Å². The first-order chi connectivity index (χ1) is 8.75. The van der Waals surface area contributed by atoms with Crippen molar-refractivity contribution in [2.24, 2.45) is 5.10 Å². The molecule has 0 bridgehead atoms. The van der Waals surface area contributed by atoms with Gasteiger partial charge >= 0.3 is 0 Å². The van der Waals surface area contributed by atoms with Crippen LogP contribution in [0.1, 0.15) is 29.8 Å². The van der Waals surface area contributed by atoms with Crippen molar-refractivity contribution in [3.05, 3.63) is 44.8 Å². The molecule has 2 aromatic heterocycles. The van der Waals surface area contributed by atoms with Gasteiger partial charge in [-0.25, -0.2) is 5.01 Å². The van der Waals surface area contributed by atoms with Gasteiger partial charge in [0.1, 0.15) is 0 Å². The van der Waals surface area contributed by atoms with Gasteiger partial charge in [-0.05, 0) is 28.3 Å². The van der Waals surface area contributed by atoms with E-state index in [-0.39, 0.29) is 11.9 Å². The first-order valence-electron chi connectivity index (χ1n) is 5.69. The van der Waals surface area contributed by atoms with Gasteiger partial charge in [-0.15, -0.1) is 11.3 Å². The van der Waals surface area contributed by atoms with Gasteiger partial charge < -0.3 is 0 Å². The number of hydrogen-bond acceptors (Lipinski definition) is 4. The largest absolute Gasteiger partial charge is 0.273 e. The molecule has 2 aromatic rings. The summed E-state index contributed by atoms with van der Waals surface area (Å²) in [6.45, 7) is 1.57. The average Bonchev–Trinajstić information content (AvgIpc) is 3.10. The molecule has 0 unspecified atom stereocenters. The highest BCUT2D eigenvalue weighted by molar-refractivity contribution is 7.10. The second-order valence-electron chi connectivity index (χ2n) is 4.16. The summed E-state index contributed by atoms with van der Waals surface area (Å²) in [4.78, 5) is 12.9. The summed E-state index contributed by atoms with van der Waals surface area (Å²) in [5.41, 5.74) is 2.13. The lowest BCUT2D eigenvalue weighted by Gasteiger charge is -2.18. The minimum Gasteiger partial charge on any atom is -0.273 e. The first kappa shape index (κ1) is 11.6. The number of thiophene rings is 2. The zero-order valence-corrected chi connectivity index (χ0v) is 11.5. The molecule has 1 amide bonds. The van der Waals surface area contributed by atoms with Crippen LogP contribution in [0.3, 0.4) is 0 Å². The van der Waals surface area contributed by atoms with Crippen molar-refractivity contribution in [3.8, 4) is 0 Å². The summed E-state index contributed by atoms with van der Waals surface area (Å²) in [7, 11) is 0. The van der Waals surface area contributed by atoms with Crippen LogP contribution in [0.15, 0.2) is 39.4 Å². The van der Waals surface area contributed by atoms with Crippen molar-refractivity contribution in [1.82, 2.24) is 5.01 Å². The predicted octanol–water partition coefficient (Wildman–Crippen LogP) is 3.51. The van der Waals surface area contributed by atoms with Gasteiger partial charge in [-0.3, -0.25) is 4.79 Å². The zero-order valence-electron chi connectivity index (χ0n) is 9.87. The molecule has 1 aliphatic rings. The van der Waals surface area contributed by atoms with Crippen LogP contribution in [-0.2, 0) is 4.79 Å². The first-order valence-corrected chi connectivity index (χ1v) is 7.51. The summed E-state index contributed by atoms with van der Waals surface area (Å²) in [6, 6.07) is 6.20. The lowest BCUT2D eigenvalue weighted by molar-refractivity contribution is -0.130. The summed E-state index contributed by atoms with van der Waals surface area (Å²) in [6.07, 6.45) is 0.802. The van der Waals surface area contributed by atoms with E-state index in [0.717, 1.165) is 17.7 Å². The number of rotatable bonds is 2. The quantitative estimate of drug-likeness (QED) is 0.826. The SMILES string of the molecule is CC(=O)N1N=C(c2ccsc2)C[C@H]1c1cccs1. The third-order valence-electron chi connectivity index (χ3n) is 2.96. The van der Waals surface area contributed by atoms with E-state index < -0.39 is 0 Å². The Bertz CT molecular complexity index is 572. The van der Waals surface area contributed by atoms with E-state index in [4.69, 9.17) is 0 Å². The Morgan fingerprint density at radius 1 is 1.44 bits per heavy atom. The fraction of sp³-hybridized carbons (Fsp3) is 0.231. The highest BCUT2D eigenvalue weighted by Gasteiger charge is 2.31. The normalized spacial score (nSPS) is 19.1. The van der Waals surface area contributed by atoms with Crippen LogP contribution in [0, 0.1) is 0 Å². The Morgan fingerprint density at radius 2 is 2.33 bits per heavy atom. The van der Waals surface area contributed by atoms with E-state index in [1.807, 2.05) is 16.8 Å². The van der Waals surface area contributed by atoms with E-state index in [9.17, 15) is 4.79 Å². The highest BCUT2D eigenvalue weighted by Crippen LogP contribution is 2.35. The zero-order chi connectivity index (χ0) is 12.5. The molecule has 3 rings (SSSR count). The third kappa shape index (κ3) is 2.00. The second-order valence-corrected chi connectivity index (χ2v) is 5.92. The molecule has 18 heavy (non-hydrogen) atoms. The standard InChI is InChI=1S/C13H12N2OS2/c1-9(16)15-12(13-3-2-5-18-13)7-11(14-15)10-4-6-17-8-10/h2-6,8,12H,7H2,1H3/t12-/m0/s1. The van der Waals surface area contributed by atoms with Crippen LogP contribution in [0.25, 0.3) is 0 Å². The Morgan fingerprint density at radius 3 is 2.94 bits per heavy atom. The molecule has 3 nitrogen and oxygen atoms in total. The molecule has 0 radical (unpaired) electrons. The van der Waals surface area contributed by atoms with Crippen molar-refractivity contribution in [1.29, 1.82) is 0 Å². The molecule has 0 aliphatic carbocycles. The molecule has 0 aromatic carbocycles. The lowest BCUT2D eigenvalue weighted by Crippen LogP contribution is -2.23. The van der Waals surface area contributed by atoms with E-state index in [1.54, 1.807) is 34.6 Å². The van der Waals surface area contributed by atoms with Crippen molar-refractivity contribution in [2.75, 3.05) is 0 Å². The van der Waals surface area contributed by atoms with Gasteiger partial charge in [-0.1, -0.05) is 6.07 Å². The molecule has 3 heterocycles. The van der Waals surface area contributed by atoms with Crippen LogP contribution in [0.2, 0.25) is 0 Å². The van der Waals surface area contributed by atoms with E-state index in [0.29, 0.717) is 0 Å². The molecular formula is C13H12N2OS2. The number of carbonyl (C=O) groups is 1. The molecule has 0 spiro atoms. The van der Waals surface area contributed by atoms with Crippen LogP contribution >= 0.6 is 22.7 Å². The van der Waals surface area contributed by atoms with Gasteiger partial charge in [0, 0.05) is 23.8 Å². The van der Waals surface area contributed by atoms with Crippen molar-refractivity contribution in [2.45, 2.75) is 19.4 Å². The summed E-state index contributed by atoms with van der Waals surface area (Å²) in [5.74, 6) is -0.00127. The van der Waals surface area contributed by atoms with Crippen LogP contribution in [0.5, 0.6) is 0 Å². The number of hydrazone groups is 1. The average molecular weight is 276 g/mol. The molecule has 1 atom stereocenters. The van der Waals surface area contributed by atoms with Gasteiger partial charge in [-0.2, -0.15) is 16.4 Å². The number of carbonyl (C=O) groups excluding carboxylic acids is 1. The Labute approximate surface area is 113 Å². The van der Waals surface area contributed by atoms with Crippen molar-refractivity contribution < 1.29 is 4.79 Å². The smallest absolute Gasteiger partial charge is 0.240 e. The monoisotopic (exact) mass is 276 g/mol. The van der Waals surface area contributed by atoms with Gasteiger partial charge in [0.25, 0.3) is 0 Å². The van der Waals surface area contributed by atoms with Gasteiger partial charge in [0.05, 0.1) is 11.8 Å².